The summed E-state index contributed by atoms with van der Waals surface area (Å²) in [4.78, 5) is 20.6. The molecule has 3 aromatic rings. The van der Waals surface area contributed by atoms with E-state index in [4.69, 9.17) is 9.72 Å². The smallest absolute Gasteiger partial charge is 0.186 e. The molecule has 0 saturated carbocycles. The van der Waals surface area contributed by atoms with Crippen LogP contribution in [-0.2, 0) is 17.6 Å². The van der Waals surface area contributed by atoms with Crippen LogP contribution >= 0.6 is 11.3 Å². The van der Waals surface area contributed by atoms with Gasteiger partial charge in [-0.2, -0.15) is 0 Å². The van der Waals surface area contributed by atoms with Crippen molar-refractivity contribution in [3.8, 4) is 11.1 Å². The number of halogens is 2. The number of carbonyl (C=O) groups excluding carboxylic acids is 1. The minimum Gasteiger partial charge on any atom is -0.377 e. The Hall–Kier alpha value is -2.64. The maximum Gasteiger partial charge on any atom is 0.186 e. The number of Topliss-reactive ketones (excluding diaryl/α,β-unsaturated/α-hetero) is 1. The van der Waals surface area contributed by atoms with Gasteiger partial charge in [-0.05, 0) is 47.1 Å². The van der Waals surface area contributed by atoms with Crippen molar-refractivity contribution in [1.29, 1.82) is 0 Å². The summed E-state index contributed by atoms with van der Waals surface area (Å²) in [6.07, 6.45) is 2.07. The molecule has 5 rings (SSSR count). The number of carbonyl (C=O) groups is 1. The van der Waals surface area contributed by atoms with E-state index in [0.29, 0.717) is 38.2 Å². The number of ketones is 1. The van der Waals surface area contributed by atoms with Crippen molar-refractivity contribution >= 4 is 22.3 Å². The number of rotatable bonds is 4. The monoisotopic (exact) mass is 468 g/mol. The van der Waals surface area contributed by atoms with Gasteiger partial charge in [0.25, 0.3) is 0 Å². The molecule has 1 aromatic heterocycles. The van der Waals surface area contributed by atoms with Crippen LogP contribution < -0.4 is 4.90 Å². The molecule has 0 amide bonds. The average Bonchev–Trinajstić information content (AvgIpc) is 3.17. The number of benzene rings is 2. The van der Waals surface area contributed by atoms with Gasteiger partial charge in [-0.15, -0.1) is 0 Å². The summed E-state index contributed by atoms with van der Waals surface area (Å²) < 4.78 is 33.2. The first-order valence-electron chi connectivity index (χ1n) is 11.2. The Morgan fingerprint density at radius 3 is 2.70 bits per heavy atom. The molecule has 0 N–H and O–H groups in total. The van der Waals surface area contributed by atoms with Gasteiger partial charge >= 0.3 is 0 Å². The molecule has 2 aliphatic rings. The van der Waals surface area contributed by atoms with Gasteiger partial charge in [0.05, 0.1) is 29.8 Å². The Morgan fingerprint density at radius 2 is 1.91 bits per heavy atom. The van der Waals surface area contributed by atoms with Gasteiger partial charge in [-0.1, -0.05) is 49.4 Å². The van der Waals surface area contributed by atoms with Crippen LogP contribution in [0.15, 0.2) is 42.5 Å². The van der Waals surface area contributed by atoms with Crippen molar-refractivity contribution in [1.82, 2.24) is 4.98 Å². The fraction of sp³-hybridized carbons (Fsp3) is 0.385. The Labute approximate surface area is 196 Å². The van der Waals surface area contributed by atoms with Gasteiger partial charge in [-0.25, -0.2) is 13.8 Å². The van der Waals surface area contributed by atoms with E-state index >= 15 is 0 Å². The molecule has 1 atom stereocenters. The quantitative estimate of drug-likeness (QED) is 0.493. The van der Waals surface area contributed by atoms with E-state index in [-0.39, 0.29) is 17.2 Å². The number of aromatic nitrogens is 1. The van der Waals surface area contributed by atoms with Crippen LogP contribution in [0.2, 0.25) is 0 Å². The molecule has 1 fully saturated rings. The molecular weight excluding hydrogens is 442 g/mol. The zero-order valence-electron chi connectivity index (χ0n) is 18.7. The third-order valence-corrected chi connectivity index (χ3v) is 7.47. The summed E-state index contributed by atoms with van der Waals surface area (Å²) in [5.74, 6) is -0.995. The van der Waals surface area contributed by atoms with Crippen LogP contribution in [0, 0.1) is 17.0 Å². The van der Waals surface area contributed by atoms with Gasteiger partial charge in [0.15, 0.2) is 10.9 Å². The summed E-state index contributed by atoms with van der Waals surface area (Å²) in [6, 6.07) is 11.4. The molecule has 2 aromatic carbocycles. The predicted molar refractivity (Wildman–Crippen MR) is 126 cm³/mol. The number of fused-ring (bicyclic) bond motifs is 1. The number of nitrogens with zero attached hydrogens (tertiary/aromatic N) is 2. The second-order valence-electron chi connectivity index (χ2n) is 9.70. The van der Waals surface area contributed by atoms with Gasteiger partial charge in [-0.3, -0.25) is 4.79 Å². The van der Waals surface area contributed by atoms with Crippen LogP contribution in [0.4, 0.5) is 13.9 Å². The second kappa shape index (κ2) is 8.61. The third kappa shape index (κ3) is 4.70. The zero-order valence-corrected chi connectivity index (χ0v) is 19.6. The third-order valence-electron chi connectivity index (χ3n) is 6.29. The molecule has 0 bridgehead atoms. The van der Waals surface area contributed by atoms with Crippen LogP contribution in [0.25, 0.3) is 11.1 Å². The van der Waals surface area contributed by atoms with E-state index < -0.39 is 11.6 Å². The maximum absolute atomic E-state index is 13.7. The summed E-state index contributed by atoms with van der Waals surface area (Å²) in [6.45, 7) is 6.11. The molecule has 1 aliphatic heterocycles. The molecule has 2 heterocycles. The van der Waals surface area contributed by atoms with E-state index in [9.17, 15) is 13.6 Å². The molecule has 0 radical (unpaired) electrons. The normalized spacial score (nSPS) is 20.1. The van der Waals surface area contributed by atoms with Gasteiger partial charge < -0.3 is 9.64 Å². The standard InChI is InChI=1S/C26H26F2N2O2S/c1-26(2)13-22-24(23(31)14-26)33-25(29-22)30-6-7-32-15-21(30)9-16-4-3-5-17(8-16)18-10-19(27)12-20(28)11-18/h3-5,8,10-12,21H,6-7,9,13-15H2,1-2H3/t21-/m0/s1. The lowest BCUT2D eigenvalue weighted by atomic mass is 9.78. The summed E-state index contributed by atoms with van der Waals surface area (Å²) >= 11 is 1.49. The van der Waals surface area contributed by atoms with Gasteiger partial charge in [0.2, 0.25) is 0 Å². The van der Waals surface area contributed by atoms with Crippen LogP contribution in [-0.4, -0.2) is 36.6 Å². The van der Waals surface area contributed by atoms with E-state index in [1.54, 1.807) is 0 Å². The van der Waals surface area contributed by atoms with Crippen molar-refractivity contribution in [2.24, 2.45) is 5.41 Å². The first-order chi connectivity index (χ1) is 15.8. The molecule has 0 spiro atoms. The van der Waals surface area contributed by atoms with E-state index in [1.807, 2.05) is 24.3 Å². The molecule has 0 unspecified atom stereocenters. The first kappa shape index (κ1) is 22.2. The van der Waals surface area contributed by atoms with Crippen LogP contribution in [0.3, 0.4) is 0 Å². The number of ether oxygens (including phenoxy) is 1. The van der Waals surface area contributed by atoms with Gasteiger partial charge in [0, 0.05) is 19.0 Å². The molecule has 1 aliphatic carbocycles. The number of hydrogen-bond acceptors (Lipinski definition) is 5. The highest BCUT2D eigenvalue weighted by Crippen LogP contribution is 2.40. The molecule has 4 nitrogen and oxygen atoms in total. The van der Waals surface area contributed by atoms with Crippen LogP contribution in [0.1, 0.15) is 41.2 Å². The van der Waals surface area contributed by atoms with E-state index in [0.717, 1.165) is 39.3 Å². The number of morpholine rings is 1. The lowest BCUT2D eigenvalue weighted by Crippen LogP contribution is -2.46. The Kier molecular flexibility index (Phi) is 5.79. The summed E-state index contributed by atoms with van der Waals surface area (Å²) in [7, 11) is 0. The number of thiazole rings is 1. The lowest BCUT2D eigenvalue weighted by Gasteiger charge is -2.35. The zero-order chi connectivity index (χ0) is 23.2. The maximum atomic E-state index is 13.7. The Balaban J connectivity index is 1.40. The van der Waals surface area contributed by atoms with Crippen molar-refractivity contribution in [2.45, 2.75) is 39.2 Å². The fourth-order valence-electron chi connectivity index (χ4n) is 4.78. The molecular formula is C26H26F2N2O2S. The topological polar surface area (TPSA) is 42.4 Å². The van der Waals surface area contributed by atoms with Crippen molar-refractivity contribution < 1.29 is 18.3 Å². The fourth-order valence-corrected chi connectivity index (χ4v) is 5.89. The molecule has 1 saturated heterocycles. The summed E-state index contributed by atoms with van der Waals surface area (Å²) in [5.41, 5.74) is 3.19. The molecule has 7 heteroatoms. The highest BCUT2D eigenvalue weighted by Gasteiger charge is 2.36. The Morgan fingerprint density at radius 1 is 1.12 bits per heavy atom. The predicted octanol–water partition coefficient (Wildman–Crippen LogP) is 5.69. The first-order valence-corrected chi connectivity index (χ1v) is 12.0. The minimum absolute atomic E-state index is 0.0589. The largest absolute Gasteiger partial charge is 0.377 e. The number of hydrogen-bond donors (Lipinski definition) is 0. The molecule has 33 heavy (non-hydrogen) atoms. The van der Waals surface area contributed by atoms with E-state index in [2.05, 4.69) is 18.7 Å². The van der Waals surface area contributed by atoms with Crippen molar-refractivity contribution in [2.75, 3.05) is 24.7 Å². The highest BCUT2D eigenvalue weighted by molar-refractivity contribution is 7.17. The van der Waals surface area contributed by atoms with Crippen LogP contribution in [0.5, 0.6) is 0 Å². The van der Waals surface area contributed by atoms with E-state index in [1.165, 1.54) is 23.5 Å². The minimum atomic E-state index is -0.590. The highest BCUT2D eigenvalue weighted by atomic mass is 32.1. The van der Waals surface area contributed by atoms with Crippen molar-refractivity contribution in [3.05, 3.63) is 70.2 Å². The Bertz CT molecular complexity index is 1190. The lowest BCUT2D eigenvalue weighted by molar-refractivity contribution is 0.0915. The number of anilines is 1. The SMILES string of the molecule is CC1(C)CC(=O)c2sc(N3CCOC[C@@H]3Cc3cccc(-c4cc(F)cc(F)c4)c3)nc2C1. The second-order valence-corrected chi connectivity index (χ2v) is 10.7. The average molecular weight is 469 g/mol. The van der Waals surface area contributed by atoms with Gasteiger partial charge in [0.1, 0.15) is 11.6 Å². The molecule has 172 valence electrons. The summed E-state index contributed by atoms with van der Waals surface area (Å²) in [5, 5.41) is 0.878. The van der Waals surface area contributed by atoms with Crippen molar-refractivity contribution in [3.63, 3.8) is 0 Å².